The van der Waals surface area contributed by atoms with Gasteiger partial charge in [-0.1, -0.05) is 31.5 Å². The molecule has 0 bridgehead atoms. The van der Waals surface area contributed by atoms with Gasteiger partial charge >= 0.3 is 0 Å². The van der Waals surface area contributed by atoms with E-state index in [-0.39, 0.29) is 6.10 Å². The third kappa shape index (κ3) is 2.70. The first kappa shape index (κ1) is 13.9. The number of fused-ring (bicyclic) bond motifs is 1. The zero-order chi connectivity index (χ0) is 14.0. The summed E-state index contributed by atoms with van der Waals surface area (Å²) in [7, 11) is 0. The average Bonchev–Trinajstić information content (AvgIpc) is 2.93. The fourth-order valence-electron chi connectivity index (χ4n) is 3.43. The average molecular weight is 275 g/mol. The third-order valence-corrected chi connectivity index (χ3v) is 4.80. The number of hydrogen-bond donors (Lipinski definition) is 1. The number of rotatable bonds is 4. The summed E-state index contributed by atoms with van der Waals surface area (Å²) in [4.78, 5) is 2.40. The number of benzene rings is 1. The molecule has 2 aliphatic rings. The highest BCUT2D eigenvalue weighted by molar-refractivity contribution is 5.38. The third-order valence-electron chi connectivity index (χ3n) is 4.80. The normalized spacial score (nSPS) is 25.8. The first-order chi connectivity index (χ1) is 9.71. The summed E-state index contributed by atoms with van der Waals surface area (Å²) in [6.07, 6.45) is 5.30. The van der Waals surface area contributed by atoms with Crippen molar-refractivity contribution < 1.29 is 9.84 Å². The number of aliphatic hydroxyl groups is 1. The van der Waals surface area contributed by atoms with Gasteiger partial charge in [0, 0.05) is 13.0 Å². The highest BCUT2D eigenvalue weighted by Crippen LogP contribution is 2.35. The smallest absolute Gasteiger partial charge is 0.133 e. The van der Waals surface area contributed by atoms with Crippen LogP contribution in [-0.4, -0.2) is 41.3 Å². The Morgan fingerprint density at radius 3 is 2.70 bits per heavy atom. The van der Waals surface area contributed by atoms with Crippen molar-refractivity contribution >= 4 is 0 Å². The van der Waals surface area contributed by atoms with Gasteiger partial charge in [-0.15, -0.1) is 0 Å². The molecule has 3 rings (SSSR count). The van der Waals surface area contributed by atoms with Crippen LogP contribution in [0, 0.1) is 0 Å². The predicted octanol–water partition coefficient (Wildman–Crippen LogP) is 2.62. The van der Waals surface area contributed by atoms with Crippen LogP contribution in [0.5, 0.6) is 5.75 Å². The van der Waals surface area contributed by atoms with Crippen molar-refractivity contribution in [3.05, 3.63) is 29.8 Å². The summed E-state index contributed by atoms with van der Waals surface area (Å²) < 4.78 is 6.03. The molecule has 2 atom stereocenters. The lowest BCUT2D eigenvalue weighted by atomic mass is 9.89. The van der Waals surface area contributed by atoms with Gasteiger partial charge < -0.3 is 14.7 Å². The summed E-state index contributed by atoms with van der Waals surface area (Å²) in [6.45, 7) is 5.03. The highest BCUT2D eigenvalue weighted by atomic mass is 16.5. The Bertz CT molecular complexity index is 431. The number of para-hydroxylation sites is 1. The van der Waals surface area contributed by atoms with E-state index in [2.05, 4.69) is 17.9 Å². The minimum absolute atomic E-state index is 0.105. The molecule has 110 valence electrons. The second-order valence-electron chi connectivity index (χ2n) is 6.21. The van der Waals surface area contributed by atoms with Gasteiger partial charge in [0.15, 0.2) is 0 Å². The van der Waals surface area contributed by atoms with Crippen molar-refractivity contribution in [2.45, 2.75) is 50.7 Å². The highest BCUT2D eigenvalue weighted by Gasteiger charge is 2.42. The van der Waals surface area contributed by atoms with E-state index in [0.717, 1.165) is 38.2 Å². The second kappa shape index (κ2) is 5.74. The van der Waals surface area contributed by atoms with E-state index in [9.17, 15) is 5.11 Å². The Balaban J connectivity index is 1.70. The number of nitrogens with zero attached hydrogens (tertiary/aromatic N) is 1. The van der Waals surface area contributed by atoms with Crippen LogP contribution in [0.3, 0.4) is 0 Å². The van der Waals surface area contributed by atoms with E-state index in [1.807, 2.05) is 18.2 Å². The van der Waals surface area contributed by atoms with Crippen LogP contribution in [0.4, 0.5) is 0 Å². The van der Waals surface area contributed by atoms with Gasteiger partial charge in [-0.2, -0.15) is 0 Å². The van der Waals surface area contributed by atoms with Crippen molar-refractivity contribution in [2.75, 3.05) is 19.6 Å². The van der Waals surface area contributed by atoms with Crippen molar-refractivity contribution in [2.24, 2.45) is 0 Å². The van der Waals surface area contributed by atoms with Gasteiger partial charge in [-0.05, 0) is 44.0 Å². The van der Waals surface area contributed by atoms with Crippen LogP contribution in [-0.2, 0) is 6.42 Å². The summed E-state index contributed by atoms with van der Waals surface area (Å²) in [5.41, 5.74) is 0.485. The lowest BCUT2D eigenvalue weighted by Crippen LogP contribution is -2.53. The van der Waals surface area contributed by atoms with Crippen LogP contribution < -0.4 is 4.74 Å². The van der Waals surface area contributed by atoms with E-state index < -0.39 is 5.60 Å². The maximum absolute atomic E-state index is 11.1. The molecular weight excluding hydrogens is 250 g/mol. The molecule has 3 nitrogen and oxygen atoms in total. The minimum atomic E-state index is -0.740. The van der Waals surface area contributed by atoms with Crippen LogP contribution in [0.15, 0.2) is 24.3 Å². The molecule has 1 aromatic rings. The number of likely N-dealkylation sites (tertiary alicyclic amines) is 1. The molecule has 2 heterocycles. The zero-order valence-electron chi connectivity index (χ0n) is 12.3. The quantitative estimate of drug-likeness (QED) is 0.917. The molecule has 1 fully saturated rings. The molecule has 0 radical (unpaired) electrons. The fourth-order valence-corrected chi connectivity index (χ4v) is 3.43. The van der Waals surface area contributed by atoms with E-state index in [1.165, 1.54) is 24.8 Å². The molecule has 0 saturated carbocycles. The summed E-state index contributed by atoms with van der Waals surface area (Å²) >= 11 is 0. The zero-order valence-corrected chi connectivity index (χ0v) is 12.3. The molecule has 1 N–H and O–H groups in total. The SMILES string of the molecule is CC[C@@](O)(CN1CCCCC1)[C@@H]1Cc2ccccc2O1. The molecular formula is C17H25NO2. The second-order valence-corrected chi connectivity index (χ2v) is 6.21. The molecule has 1 aromatic carbocycles. The lowest BCUT2D eigenvalue weighted by molar-refractivity contribution is -0.0781. The maximum Gasteiger partial charge on any atom is 0.133 e. The van der Waals surface area contributed by atoms with Crippen molar-refractivity contribution in [3.63, 3.8) is 0 Å². The van der Waals surface area contributed by atoms with Crippen LogP contribution >= 0.6 is 0 Å². The molecule has 2 aliphatic heterocycles. The van der Waals surface area contributed by atoms with Crippen molar-refractivity contribution in [3.8, 4) is 5.75 Å². The molecule has 0 spiro atoms. The van der Waals surface area contributed by atoms with Gasteiger partial charge in [0.1, 0.15) is 17.5 Å². The molecule has 0 amide bonds. The molecule has 0 aromatic heterocycles. The van der Waals surface area contributed by atoms with Crippen molar-refractivity contribution in [1.29, 1.82) is 0 Å². The van der Waals surface area contributed by atoms with Gasteiger partial charge in [0.05, 0.1) is 0 Å². The summed E-state index contributed by atoms with van der Waals surface area (Å²) in [6, 6.07) is 8.15. The topological polar surface area (TPSA) is 32.7 Å². The van der Waals surface area contributed by atoms with Crippen LogP contribution in [0.2, 0.25) is 0 Å². The number of hydrogen-bond acceptors (Lipinski definition) is 3. The summed E-state index contributed by atoms with van der Waals surface area (Å²) in [5.74, 6) is 0.947. The van der Waals surface area contributed by atoms with Gasteiger partial charge in [0.2, 0.25) is 0 Å². The Kier molecular flexibility index (Phi) is 3.99. The standard InChI is InChI=1S/C17H25NO2/c1-2-17(19,13-18-10-6-3-7-11-18)16-12-14-8-4-5-9-15(14)20-16/h4-5,8-9,16,19H,2-3,6-7,10-13H2,1H3/t16-,17+/m0/s1. The van der Waals surface area contributed by atoms with Crippen molar-refractivity contribution in [1.82, 2.24) is 4.90 Å². The van der Waals surface area contributed by atoms with E-state index in [4.69, 9.17) is 4.74 Å². The Morgan fingerprint density at radius 1 is 1.25 bits per heavy atom. The molecule has 1 saturated heterocycles. The van der Waals surface area contributed by atoms with E-state index >= 15 is 0 Å². The maximum atomic E-state index is 11.1. The molecule has 3 heteroatoms. The van der Waals surface area contributed by atoms with Gasteiger partial charge in [-0.3, -0.25) is 0 Å². The van der Waals surface area contributed by atoms with Gasteiger partial charge in [-0.25, -0.2) is 0 Å². The monoisotopic (exact) mass is 275 g/mol. The lowest BCUT2D eigenvalue weighted by Gasteiger charge is -2.38. The number of ether oxygens (including phenoxy) is 1. The Morgan fingerprint density at radius 2 is 2.00 bits per heavy atom. The van der Waals surface area contributed by atoms with Crippen LogP contribution in [0.25, 0.3) is 0 Å². The van der Waals surface area contributed by atoms with Gasteiger partial charge in [0.25, 0.3) is 0 Å². The first-order valence-corrected chi connectivity index (χ1v) is 7.90. The van der Waals surface area contributed by atoms with E-state index in [1.54, 1.807) is 0 Å². The molecule has 0 aliphatic carbocycles. The minimum Gasteiger partial charge on any atom is -0.487 e. The largest absolute Gasteiger partial charge is 0.487 e. The Labute approximate surface area is 121 Å². The predicted molar refractivity (Wildman–Crippen MR) is 80.1 cm³/mol. The Hall–Kier alpha value is -1.06. The first-order valence-electron chi connectivity index (χ1n) is 7.90. The van der Waals surface area contributed by atoms with Crippen LogP contribution in [0.1, 0.15) is 38.2 Å². The molecule has 0 unspecified atom stereocenters. The molecule has 20 heavy (non-hydrogen) atoms. The number of β-amino-alcohol motifs (C(OH)–C–C–N with tert-alkyl or cyclic N) is 1. The van der Waals surface area contributed by atoms with E-state index in [0.29, 0.717) is 0 Å². The summed E-state index contributed by atoms with van der Waals surface area (Å²) in [5, 5.41) is 11.1. The fraction of sp³-hybridized carbons (Fsp3) is 0.647. The number of piperidine rings is 1.